The number of hydrogen-bond acceptors (Lipinski definition) is 5. The number of benzene rings is 2. The van der Waals surface area contributed by atoms with Crippen LogP contribution in [0.3, 0.4) is 0 Å². The van der Waals surface area contributed by atoms with Gasteiger partial charge in [0.1, 0.15) is 0 Å². The van der Waals surface area contributed by atoms with Crippen LogP contribution in [0.15, 0.2) is 48.5 Å². The van der Waals surface area contributed by atoms with Gasteiger partial charge in [-0.2, -0.15) is 0 Å². The molecular weight excluding hydrogens is 414 g/mol. The molecule has 0 aromatic heterocycles. The molecule has 0 radical (unpaired) electrons. The molecule has 0 bridgehead atoms. The molecule has 1 aliphatic carbocycles. The van der Waals surface area contributed by atoms with Crippen molar-refractivity contribution in [1.82, 2.24) is 10.6 Å². The Labute approximate surface area is 186 Å². The van der Waals surface area contributed by atoms with E-state index in [1.165, 1.54) is 19.6 Å². The highest BCUT2D eigenvalue weighted by atomic mass is 32.1. The van der Waals surface area contributed by atoms with Crippen molar-refractivity contribution in [3.8, 4) is 0 Å². The van der Waals surface area contributed by atoms with Gasteiger partial charge in [-0.05, 0) is 67.5 Å². The predicted octanol–water partition coefficient (Wildman–Crippen LogP) is 3.66. The van der Waals surface area contributed by atoms with E-state index in [1.807, 2.05) is 0 Å². The smallest absolute Gasteiger partial charge is 0.337 e. The van der Waals surface area contributed by atoms with Crippen LogP contribution >= 0.6 is 12.2 Å². The van der Waals surface area contributed by atoms with Crippen LogP contribution in [0.1, 0.15) is 63.2 Å². The van der Waals surface area contributed by atoms with Crippen LogP contribution in [0.5, 0.6) is 0 Å². The summed E-state index contributed by atoms with van der Waals surface area (Å²) in [6, 6.07) is 13.3. The molecule has 0 heterocycles. The lowest BCUT2D eigenvalue weighted by Crippen LogP contribution is -2.36. The zero-order valence-electron chi connectivity index (χ0n) is 17.3. The molecule has 2 aromatic carbocycles. The maximum absolute atomic E-state index is 12.4. The van der Waals surface area contributed by atoms with Gasteiger partial charge in [-0.25, -0.2) is 4.79 Å². The van der Waals surface area contributed by atoms with Gasteiger partial charge >= 0.3 is 5.97 Å². The maximum Gasteiger partial charge on any atom is 0.337 e. The first-order chi connectivity index (χ1) is 15.0. The standard InChI is InChI=1S/C23H25N3O4S/c1-30-22(29)17-7-5-6-16(14-17)21(28)26-23(31)25-19-12-10-15(11-13-19)20(27)24-18-8-3-2-4-9-18/h5-7,10-14,18H,2-4,8-9H2,1H3,(H,24,27)(H2,25,26,28,31). The lowest BCUT2D eigenvalue weighted by atomic mass is 9.95. The predicted molar refractivity (Wildman–Crippen MR) is 122 cm³/mol. The van der Waals surface area contributed by atoms with E-state index in [2.05, 4.69) is 20.7 Å². The van der Waals surface area contributed by atoms with Gasteiger partial charge in [-0.15, -0.1) is 0 Å². The number of anilines is 1. The second-order valence-corrected chi connectivity index (χ2v) is 7.77. The first-order valence-corrected chi connectivity index (χ1v) is 10.6. The molecule has 8 heteroatoms. The molecule has 0 aliphatic heterocycles. The Morgan fingerprint density at radius 1 is 0.903 bits per heavy atom. The van der Waals surface area contributed by atoms with Crippen LogP contribution in [-0.4, -0.2) is 36.0 Å². The second kappa shape index (κ2) is 10.7. The average Bonchev–Trinajstić information content (AvgIpc) is 2.79. The Balaban J connectivity index is 1.54. The molecule has 0 saturated heterocycles. The van der Waals surface area contributed by atoms with Gasteiger partial charge < -0.3 is 15.4 Å². The SMILES string of the molecule is COC(=O)c1cccc(C(=O)NC(=S)Nc2ccc(C(=O)NC3CCCCC3)cc2)c1. The minimum Gasteiger partial charge on any atom is -0.465 e. The van der Waals surface area contributed by atoms with Crippen LogP contribution in [0.4, 0.5) is 5.69 Å². The van der Waals surface area contributed by atoms with Crippen molar-refractivity contribution in [1.29, 1.82) is 0 Å². The first kappa shape index (κ1) is 22.4. The Bertz CT molecular complexity index is 969. The van der Waals surface area contributed by atoms with Gasteiger partial charge in [0, 0.05) is 22.9 Å². The molecule has 1 aliphatic rings. The molecule has 1 fully saturated rings. The molecular formula is C23H25N3O4S. The summed E-state index contributed by atoms with van der Waals surface area (Å²) < 4.78 is 4.66. The number of carbonyl (C=O) groups is 3. The molecule has 1 saturated carbocycles. The Morgan fingerprint density at radius 2 is 1.58 bits per heavy atom. The van der Waals surface area contributed by atoms with Crippen LogP contribution in [0.25, 0.3) is 0 Å². The van der Waals surface area contributed by atoms with Crippen LogP contribution in [0.2, 0.25) is 0 Å². The summed E-state index contributed by atoms with van der Waals surface area (Å²) in [6.07, 6.45) is 5.61. The molecule has 3 rings (SSSR count). The molecule has 2 aromatic rings. The average molecular weight is 440 g/mol. The van der Waals surface area contributed by atoms with Crippen molar-refractivity contribution < 1.29 is 19.1 Å². The van der Waals surface area contributed by atoms with E-state index in [1.54, 1.807) is 42.5 Å². The third kappa shape index (κ3) is 6.36. The topological polar surface area (TPSA) is 96.5 Å². The van der Waals surface area contributed by atoms with E-state index in [-0.39, 0.29) is 28.2 Å². The number of ether oxygens (including phenoxy) is 1. The van der Waals surface area contributed by atoms with Gasteiger partial charge in [-0.1, -0.05) is 25.3 Å². The number of thiocarbonyl (C=S) groups is 1. The fraction of sp³-hybridized carbons (Fsp3) is 0.304. The van der Waals surface area contributed by atoms with Gasteiger partial charge in [0.25, 0.3) is 11.8 Å². The van der Waals surface area contributed by atoms with Crippen molar-refractivity contribution in [3.05, 3.63) is 65.2 Å². The summed E-state index contributed by atoms with van der Waals surface area (Å²) in [7, 11) is 1.28. The van der Waals surface area contributed by atoms with Gasteiger partial charge in [0.2, 0.25) is 0 Å². The number of nitrogens with one attached hydrogen (secondary N) is 3. The minimum atomic E-state index is -0.525. The van der Waals surface area contributed by atoms with Gasteiger partial charge in [-0.3, -0.25) is 14.9 Å². The third-order valence-corrected chi connectivity index (χ3v) is 5.32. The second-order valence-electron chi connectivity index (χ2n) is 7.37. The molecule has 162 valence electrons. The molecule has 0 spiro atoms. The fourth-order valence-electron chi connectivity index (χ4n) is 3.46. The Hall–Kier alpha value is -3.26. The Morgan fingerprint density at radius 3 is 2.26 bits per heavy atom. The first-order valence-electron chi connectivity index (χ1n) is 10.2. The number of hydrogen-bond donors (Lipinski definition) is 3. The summed E-state index contributed by atoms with van der Waals surface area (Å²) in [4.78, 5) is 36.4. The number of carbonyl (C=O) groups excluding carboxylic acids is 3. The van der Waals surface area contributed by atoms with Gasteiger partial charge in [0.05, 0.1) is 12.7 Å². The number of methoxy groups -OCH3 is 1. The van der Waals surface area contributed by atoms with E-state index >= 15 is 0 Å². The highest BCUT2D eigenvalue weighted by Crippen LogP contribution is 2.18. The van der Waals surface area contributed by atoms with E-state index in [4.69, 9.17) is 12.2 Å². The molecule has 3 N–H and O–H groups in total. The summed E-state index contributed by atoms with van der Waals surface area (Å²) in [5.74, 6) is -1.06. The van der Waals surface area contributed by atoms with E-state index in [9.17, 15) is 14.4 Å². The van der Waals surface area contributed by atoms with E-state index < -0.39 is 11.9 Å². The fourth-order valence-corrected chi connectivity index (χ4v) is 3.67. The Kier molecular flexibility index (Phi) is 7.72. The van der Waals surface area contributed by atoms with Crippen LogP contribution in [0, 0.1) is 0 Å². The van der Waals surface area contributed by atoms with Crippen molar-refractivity contribution in [2.45, 2.75) is 38.1 Å². The van der Waals surface area contributed by atoms with Crippen molar-refractivity contribution >= 4 is 40.8 Å². The third-order valence-electron chi connectivity index (χ3n) is 5.12. The normalized spacial score (nSPS) is 13.7. The van der Waals surface area contributed by atoms with Gasteiger partial charge in [0.15, 0.2) is 5.11 Å². The minimum absolute atomic E-state index is 0.0835. The lowest BCUT2D eigenvalue weighted by Gasteiger charge is -2.22. The highest BCUT2D eigenvalue weighted by molar-refractivity contribution is 7.80. The summed E-state index contributed by atoms with van der Waals surface area (Å²) >= 11 is 5.20. The largest absolute Gasteiger partial charge is 0.465 e. The molecule has 7 nitrogen and oxygen atoms in total. The lowest BCUT2D eigenvalue weighted by molar-refractivity contribution is 0.0600. The number of esters is 1. The van der Waals surface area contributed by atoms with Crippen molar-refractivity contribution in [2.24, 2.45) is 0 Å². The molecule has 31 heavy (non-hydrogen) atoms. The van der Waals surface area contributed by atoms with Crippen LogP contribution < -0.4 is 16.0 Å². The molecule has 0 unspecified atom stereocenters. The molecule has 0 atom stereocenters. The number of rotatable bonds is 5. The van der Waals surface area contributed by atoms with E-state index in [0.717, 1.165) is 25.7 Å². The van der Waals surface area contributed by atoms with Crippen molar-refractivity contribution in [3.63, 3.8) is 0 Å². The monoisotopic (exact) mass is 439 g/mol. The highest BCUT2D eigenvalue weighted by Gasteiger charge is 2.17. The summed E-state index contributed by atoms with van der Waals surface area (Å²) in [6.45, 7) is 0. The van der Waals surface area contributed by atoms with Crippen molar-refractivity contribution in [2.75, 3.05) is 12.4 Å². The van der Waals surface area contributed by atoms with E-state index in [0.29, 0.717) is 11.3 Å². The molecule has 2 amide bonds. The maximum atomic E-state index is 12.4. The van der Waals surface area contributed by atoms with Crippen LogP contribution in [-0.2, 0) is 4.74 Å². The number of amides is 2. The zero-order chi connectivity index (χ0) is 22.2. The summed E-state index contributed by atoms with van der Waals surface area (Å²) in [5.41, 5.74) is 1.77. The quantitative estimate of drug-likeness (QED) is 0.486. The zero-order valence-corrected chi connectivity index (χ0v) is 18.1. The summed E-state index contributed by atoms with van der Waals surface area (Å²) in [5, 5.41) is 8.67.